The third-order valence-electron chi connectivity index (χ3n) is 4.98. The van der Waals surface area contributed by atoms with E-state index in [1.165, 1.54) is 51.4 Å². The number of isocyanates is 1. The maximum absolute atomic E-state index is 10.5. The lowest BCUT2D eigenvalue weighted by atomic mass is 9.71. The minimum absolute atomic E-state index is 0.287. The molecule has 0 aromatic carbocycles. The Hall–Kier alpha value is -0.620. The van der Waals surface area contributed by atoms with E-state index < -0.39 is 0 Å². The summed E-state index contributed by atoms with van der Waals surface area (Å²) in [5.74, 6) is 2.43. The molecule has 0 heterocycles. The predicted molar refractivity (Wildman–Crippen MR) is 69.6 cm³/mol. The highest BCUT2D eigenvalue weighted by Crippen LogP contribution is 2.39. The van der Waals surface area contributed by atoms with E-state index in [0.29, 0.717) is 5.92 Å². The number of aliphatic imine (C=N–C) groups is 1. The van der Waals surface area contributed by atoms with E-state index in [1.807, 2.05) is 0 Å². The molecule has 2 saturated carbocycles. The van der Waals surface area contributed by atoms with Crippen LogP contribution >= 0.6 is 0 Å². The Labute approximate surface area is 105 Å². The Morgan fingerprint density at radius 2 is 1.65 bits per heavy atom. The molecule has 2 rings (SSSR count). The van der Waals surface area contributed by atoms with Gasteiger partial charge in [-0.1, -0.05) is 45.4 Å². The van der Waals surface area contributed by atoms with Gasteiger partial charge in [-0.2, -0.15) is 0 Å². The second-order valence-electron chi connectivity index (χ2n) is 6.09. The molecule has 0 aromatic rings. The summed E-state index contributed by atoms with van der Waals surface area (Å²) in [6.45, 7) is 2.41. The molecule has 0 aromatic heterocycles. The van der Waals surface area contributed by atoms with Gasteiger partial charge in [-0.05, 0) is 37.0 Å². The Morgan fingerprint density at radius 3 is 2.35 bits per heavy atom. The number of hydrogen-bond acceptors (Lipinski definition) is 2. The van der Waals surface area contributed by atoms with Gasteiger partial charge < -0.3 is 0 Å². The van der Waals surface area contributed by atoms with Crippen molar-refractivity contribution in [2.24, 2.45) is 22.7 Å². The van der Waals surface area contributed by atoms with E-state index in [9.17, 15) is 4.79 Å². The van der Waals surface area contributed by atoms with Crippen molar-refractivity contribution in [2.75, 3.05) is 0 Å². The molecule has 4 atom stereocenters. The smallest absolute Gasteiger partial charge is 0.211 e. The topological polar surface area (TPSA) is 29.4 Å². The van der Waals surface area contributed by atoms with Crippen LogP contribution in [0.4, 0.5) is 0 Å². The first-order valence-electron chi connectivity index (χ1n) is 7.38. The van der Waals surface area contributed by atoms with Crippen LogP contribution in [0.2, 0.25) is 0 Å². The maximum atomic E-state index is 10.5. The Morgan fingerprint density at radius 1 is 1.00 bits per heavy atom. The fourth-order valence-corrected chi connectivity index (χ4v) is 3.83. The molecule has 96 valence electrons. The van der Waals surface area contributed by atoms with Gasteiger partial charge in [-0.15, -0.1) is 0 Å². The van der Waals surface area contributed by atoms with E-state index in [1.54, 1.807) is 6.08 Å². The zero-order valence-electron chi connectivity index (χ0n) is 11.0. The molecule has 17 heavy (non-hydrogen) atoms. The highest BCUT2D eigenvalue weighted by molar-refractivity contribution is 5.33. The molecule has 0 spiro atoms. The second-order valence-corrected chi connectivity index (χ2v) is 6.09. The first-order valence-corrected chi connectivity index (χ1v) is 7.38. The Balaban J connectivity index is 1.92. The van der Waals surface area contributed by atoms with Crippen molar-refractivity contribution in [1.29, 1.82) is 0 Å². The molecule has 0 N–H and O–H groups in total. The second kappa shape index (κ2) is 6.35. The van der Waals surface area contributed by atoms with E-state index in [2.05, 4.69) is 11.9 Å². The van der Waals surface area contributed by atoms with Gasteiger partial charge in [0.15, 0.2) is 0 Å². The van der Waals surface area contributed by atoms with Crippen LogP contribution in [-0.2, 0) is 4.79 Å². The lowest BCUT2D eigenvalue weighted by Crippen LogP contribution is -2.28. The minimum Gasteiger partial charge on any atom is -0.211 e. The summed E-state index contributed by atoms with van der Waals surface area (Å²) in [4.78, 5) is 14.5. The van der Waals surface area contributed by atoms with Crippen molar-refractivity contribution >= 4 is 6.08 Å². The average Bonchev–Trinajstić information content (AvgIpc) is 2.35. The van der Waals surface area contributed by atoms with Crippen LogP contribution in [0.3, 0.4) is 0 Å². The largest absolute Gasteiger partial charge is 0.235 e. The van der Waals surface area contributed by atoms with Crippen molar-refractivity contribution in [3.63, 3.8) is 0 Å². The fraction of sp³-hybridized carbons (Fsp3) is 0.933. The van der Waals surface area contributed by atoms with Gasteiger partial charge in [0, 0.05) is 0 Å². The molecule has 0 amide bonds. The molecule has 0 saturated heterocycles. The van der Waals surface area contributed by atoms with Crippen LogP contribution in [0.5, 0.6) is 0 Å². The summed E-state index contributed by atoms with van der Waals surface area (Å²) >= 11 is 0. The quantitative estimate of drug-likeness (QED) is 0.535. The monoisotopic (exact) mass is 235 g/mol. The van der Waals surface area contributed by atoms with Crippen molar-refractivity contribution in [1.82, 2.24) is 0 Å². The van der Waals surface area contributed by atoms with Gasteiger partial charge in [-0.3, -0.25) is 0 Å². The van der Waals surface area contributed by atoms with Gasteiger partial charge in [-0.25, -0.2) is 9.79 Å². The van der Waals surface area contributed by atoms with E-state index in [-0.39, 0.29) is 6.04 Å². The van der Waals surface area contributed by atoms with Crippen LogP contribution in [-0.4, -0.2) is 12.1 Å². The summed E-state index contributed by atoms with van der Waals surface area (Å²) in [5.41, 5.74) is 0. The summed E-state index contributed by atoms with van der Waals surface area (Å²) in [5, 5.41) is 0. The van der Waals surface area contributed by atoms with Crippen molar-refractivity contribution in [3.8, 4) is 0 Å². The minimum atomic E-state index is 0.287. The standard InChI is InChI=1S/C15H25NO/c1-12-6-2-3-7-13(12)10-14-8-4-5-9-15(14)16-11-17/h12-15H,2-10H2,1H3. The summed E-state index contributed by atoms with van der Waals surface area (Å²) < 4.78 is 0. The number of hydrogen-bond donors (Lipinski definition) is 0. The Kier molecular flexibility index (Phi) is 4.79. The number of carbonyl (C=O) groups excluding carboxylic acids is 1. The van der Waals surface area contributed by atoms with Gasteiger partial charge >= 0.3 is 0 Å². The lowest BCUT2D eigenvalue weighted by Gasteiger charge is -2.35. The normalized spacial score (nSPS) is 38.4. The molecular formula is C15H25NO. The summed E-state index contributed by atoms with van der Waals surface area (Å²) in [6, 6.07) is 0.287. The van der Waals surface area contributed by atoms with Gasteiger partial charge in [0.2, 0.25) is 6.08 Å². The van der Waals surface area contributed by atoms with E-state index in [4.69, 9.17) is 0 Å². The summed E-state index contributed by atoms with van der Waals surface area (Å²) in [6.07, 6.45) is 13.7. The molecule has 0 aliphatic heterocycles. The zero-order chi connectivity index (χ0) is 12.1. The first kappa shape index (κ1) is 12.8. The zero-order valence-corrected chi connectivity index (χ0v) is 11.0. The molecule has 2 aliphatic rings. The average molecular weight is 235 g/mol. The molecule has 2 heteroatoms. The summed E-state index contributed by atoms with van der Waals surface area (Å²) in [7, 11) is 0. The molecule has 2 aliphatic carbocycles. The van der Waals surface area contributed by atoms with Crippen molar-refractivity contribution < 1.29 is 4.79 Å². The van der Waals surface area contributed by atoms with Gasteiger partial charge in [0.05, 0.1) is 6.04 Å². The van der Waals surface area contributed by atoms with Crippen LogP contribution in [0.15, 0.2) is 4.99 Å². The lowest BCUT2D eigenvalue weighted by molar-refractivity contribution is 0.176. The van der Waals surface area contributed by atoms with Gasteiger partial charge in [0.25, 0.3) is 0 Å². The maximum Gasteiger partial charge on any atom is 0.235 e. The molecular weight excluding hydrogens is 210 g/mol. The number of rotatable bonds is 3. The Bertz CT molecular complexity index is 283. The van der Waals surface area contributed by atoms with E-state index in [0.717, 1.165) is 18.3 Å². The van der Waals surface area contributed by atoms with Crippen molar-refractivity contribution in [2.45, 2.75) is 70.8 Å². The van der Waals surface area contributed by atoms with Crippen LogP contribution in [0.1, 0.15) is 64.7 Å². The van der Waals surface area contributed by atoms with Gasteiger partial charge in [0.1, 0.15) is 0 Å². The van der Waals surface area contributed by atoms with Crippen molar-refractivity contribution in [3.05, 3.63) is 0 Å². The molecule has 4 unspecified atom stereocenters. The van der Waals surface area contributed by atoms with Crippen LogP contribution < -0.4 is 0 Å². The third-order valence-corrected chi connectivity index (χ3v) is 4.98. The predicted octanol–water partition coefficient (Wildman–Crippen LogP) is 4.10. The van der Waals surface area contributed by atoms with Crippen LogP contribution in [0.25, 0.3) is 0 Å². The molecule has 2 nitrogen and oxygen atoms in total. The SMILES string of the molecule is CC1CCCCC1CC1CCCCC1N=C=O. The molecule has 2 fully saturated rings. The molecule has 0 bridgehead atoms. The third kappa shape index (κ3) is 3.42. The fourth-order valence-electron chi connectivity index (χ4n) is 3.83. The molecule has 0 radical (unpaired) electrons. The first-order chi connectivity index (χ1) is 8.31. The highest BCUT2D eigenvalue weighted by atomic mass is 16.1. The van der Waals surface area contributed by atoms with Crippen LogP contribution in [0, 0.1) is 17.8 Å². The number of nitrogens with zero attached hydrogens (tertiary/aromatic N) is 1. The van der Waals surface area contributed by atoms with E-state index >= 15 is 0 Å². The highest BCUT2D eigenvalue weighted by Gasteiger charge is 2.30.